The van der Waals surface area contributed by atoms with Crippen molar-refractivity contribution in [2.24, 2.45) is 4.99 Å². The maximum Gasteiger partial charge on any atom is 0.283 e. The van der Waals surface area contributed by atoms with E-state index >= 15 is 0 Å². The van der Waals surface area contributed by atoms with Gasteiger partial charge in [0.25, 0.3) is 5.91 Å². The quantitative estimate of drug-likeness (QED) is 0.749. The Morgan fingerprint density at radius 1 is 1.19 bits per heavy atom. The van der Waals surface area contributed by atoms with Crippen molar-refractivity contribution in [1.29, 1.82) is 0 Å². The highest BCUT2D eigenvalue weighted by atomic mass is 35.5. The molecule has 0 aromatic heterocycles. The van der Waals surface area contributed by atoms with Crippen molar-refractivity contribution in [2.45, 2.75) is 0 Å². The Balaban J connectivity index is 2.01. The molecule has 0 unspecified atom stereocenters. The van der Waals surface area contributed by atoms with Crippen LogP contribution in [0.1, 0.15) is 5.56 Å². The Kier molecular flexibility index (Phi) is 5.98. The summed E-state index contributed by atoms with van der Waals surface area (Å²) in [7, 11) is 0. The minimum absolute atomic E-state index is 0.0885. The first-order chi connectivity index (χ1) is 12.5. The lowest BCUT2D eigenvalue weighted by atomic mass is 10.2. The molecule has 3 rings (SSSR count). The van der Waals surface area contributed by atoms with E-state index in [-0.39, 0.29) is 18.0 Å². The molecular weight excluding hydrogens is 398 g/mol. The van der Waals surface area contributed by atoms with E-state index in [0.29, 0.717) is 26.5 Å². The van der Waals surface area contributed by atoms with Crippen molar-refractivity contribution < 1.29 is 14.3 Å². The van der Waals surface area contributed by atoms with E-state index < -0.39 is 11.7 Å². The minimum atomic E-state index is -0.533. The predicted octanol–water partition coefficient (Wildman–Crippen LogP) is 4.60. The lowest BCUT2D eigenvalue weighted by molar-refractivity contribution is -0.113. The van der Waals surface area contributed by atoms with Crippen LogP contribution in [0.3, 0.4) is 0 Å². The van der Waals surface area contributed by atoms with Gasteiger partial charge in [-0.1, -0.05) is 53.2 Å². The maximum absolute atomic E-state index is 14.2. The highest BCUT2D eigenvalue weighted by Gasteiger charge is 2.33. The van der Waals surface area contributed by atoms with E-state index in [1.54, 1.807) is 36.4 Å². The number of aliphatic hydroxyl groups excluding tert-OH is 1. The number of hydrogen-bond acceptors (Lipinski definition) is 4. The van der Waals surface area contributed by atoms with Crippen LogP contribution >= 0.6 is 35.0 Å². The summed E-state index contributed by atoms with van der Waals surface area (Å²) >= 11 is 13.1. The summed E-state index contributed by atoms with van der Waals surface area (Å²) in [5, 5.41) is 10.1. The van der Waals surface area contributed by atoms with Gasteiger partial charge < -0.3 is 5.11 Å². The van der Waals surface area contributed by atoms with E-state index in [1.807, 2.05) is 0 Å². The molecule has 0 fully saturated rings. The average Bonchev–Trinajstić information content (AvgIpc) is 2.92. The van der Waals surface area contributed by atoms with Gasteiger partial charge in [-0.05, 0) is 35.9 Å². The Morgan fingerprint density at radius 3 is 2.65 bits per heavy atom. The van der Waals surface area contributed by atoms with Gasteiger partial charge in [-0.2, -0.15) is 0 Å². The molecule has 0 aliphatic carbocycles. The number of aliphatic imine (C=N–C) groups is 1. The van der Waals surface area contributed by atoms with E-state index in [4.69, 9.17) is 28.3 Å². The second-order valence-electron chi connectivity index (χ2n) is 5.26. The molecule has 0 saturated carbocycles. The van der Waals surface area contributed by atoms with Crippen molar-refractivity contribution in [2.75, 3.05) is 17.3 Å². The molecule has 134 valence electrons. The summed E-state index contributed by atoms with van der Waals surface area (Å²) in [6.45, 7) is -0.0885. The minimum Gasteiger partial charge on any atom is -0.396 e. The molecule has 26 heavy (non-hydrogen) atoms. The number of nitrogens with zero attached hydrogens (tertiary/aromatic N) is 2. The van der Waals surface area contributed by atoms with Crippen LogP contribution in [-0.2, 0) is 4.79 Å². The number of hydrogen-bond donors (Lipinski definition) is 1. The van der Waals surface area contributed by atoms with Crippen LogP contribution in [-0.4, -0.2) is 28.5 Å². The fraction of sp³-hybridized carbons (Fsp3) is 0.111. The largest absolute Gasteiger partial charge is 0.396 e. The first kappa shape index (κ1) is 18.9. The van der Waals surface area contributed by atoms with Gasteiger partial charge in [-0.25, -0.2) is 9.38 Å². The highest BCUT2D eigenvalue weighted by molar-refractivity contribution is 8.14. The van der Waals surface area contributed by atoms with Crippen molar-refractivity contribution in [3.8, 4) is 0 Å². The second-order valence-corrected chi connectivity index (χ2v) is 7.14. The monoisotopic (exact) mass is 410 g/mol. The summed E-state index contributed by atoms with van der Waals surface area (Å²) in [4.78, 5) is 18.4. The van der Waals surface area contributed by atoms with Crippen LogP contribution in [0.2, 0.25) is 10.0 Å². The van der Waals surface area contributed by atoms with Gasteiger partial charge in [-0.3, -0.25) is 9.69 Å². The number of amidine groups is 1. The fourth-order valence-corrected chi connectivity index (χ4v) is 3.39. The molecule has 8 heteroatoms. The van der Waals surface area contributed by atoms with E-state index in [9.17, 15) is 9.18 Å². The number of aliphatic hydroxyl groups is 1. The Morgan fingerprint density at radius 2 is 1.96 bits per heavy atom. The molecule has 2 aromatic carbocycles. The van der Waals surface area contributed by atoms with Crippen molar-refractivity contribution in [3.63, 3.8) is 0 Å². The van der Waals surface area contributed by atoms with Crippen LogP contribution < -0.4 is 4.90 Å². The van der Waals surface area contributed by atoms with Crippen LogP contribution in [0.4, 0.5) is 10.1 Å². The summed E-state index contributed by atoms with van der Waals surface area (Å²) in [6.07, 6.45) is 1.56. The number of amides is 1. The number of thioether (sulfide) groups is 1. The predicted molar refractivity (Wildman–Crippen MR) is 105 cm³/mol. The SMILES string of the molecule is O=C1/C(=C/c2ccc(Cl)c(Cl)c2)N=C(SCCO)N1c1ccccc1F. The second kappa shape index (κ2) is 8.22. The third kappa shape index (κ3) is 3.94. The molecule has 2 aromatic rings. The van der Waals surface area contributed by atoms with Gasteiger partial charge >= 0.3 is 0 Å². The summed E-state index contributed by atoms with van der Waals surface area (Å²) in [5.74, 6) is -0.660. The number of benzene rings is 2. The highest BCUT2D eigenvalue weighted by Crippen LogP contribution is 2.31. The zero-order valence-corrected chi connectivity index (χ0v) is 15.7. The first-order valence-corrected chi connectivity index (χ1v) is 9.33. The number of para-hydroxylation sites is 1. The normalized spacial score (nSPS) is 15.7. The third-order valence-electron chi connectivity index (χ3n) is 3.49. The molecular formula is C18H13Cl2FN2O2S. The number of rotatable bonds is 4. The fourth-order valence-electron chi connectivity index (χ4n) is 2.34. The summed E-state index contributed by atoms with van der Waals surface area (Å²) < 4.78 is 14.2. The van der Waals surface area contributed by atoms with Crippen LogP contribution in [0.25, 0.3) is 6.08 Å². The van der Waals surface area contributed by atoms with Gasteiger partial charge in [0.05, 0.1) is 22.3 Å². The standard InChI is InChI=1S/C18H13Cl2FN2O2S/c19-12-6-5-11(9-13(12)20)10-15-17(25)23(18(22-15)26-8-7-24)16-4-2-1-3-14(16)21/h1-6,9-10,24H,7-8H2/b15-10-. The molecule has 0 atom stereocenters. The van der Waals surface area contributed by atoms with Gasteiger partial charge in [0, 0.05) is 5.75 Å². The third-order valence-corrected chi connectivity index (χ3v) is 5.15. The Bertz CT molecular complexity index is 918. The summed E-state index contributed by atoms with van der Waals surface area (Å²) in [6, 6.07) is 10.9. The molecule has 4 nitrogen and oxygen atoms in total. The lowest BCUT2D eigenvalue weighted by Gasteiger charge is -2.18. The van der Waals surface area contributed by atoms with E-state index in [0.717, 1.165) is 0 Å². The van der Waals surface area contributed by atoms with Crippen molar-refractivity contribution >= 4 is 57.8 Å². The number of anilines is 1. The molecule has 0 spiro atoms. The molecule has 0 radical (unpaired) electrons. The maximum atomic E-state index is 14.2. The topological polar surface area (TPSA) is 52.9 Å². The van der Waals surface area contributed by atoms with Crippen LogP contribution in [0.5, 0.6) is 0 Å². The Labute approximate surface area is 163 Å². The zero-order valence-electron chi connectivity index (χ0n) is 13.3. The summed E-state index contributed by atoms with van der Waals surface area (Å²) in [5.41, 5.74) is 0.903. The molecule has 1 aliphatic rings. The zero-order chi connectivity index (χ0) is 18.7. The van der Waals surface area contributed by atoms with Gasteiger partial charge in [0.15, 0.2) is 5.17 Å². The molecule has 0 bridgehead atoms. The van der Waals surface area contributed by atoms with Crippen LogP contribution in [0, 0.1) is 5.82 Å². The molecule has 1 aliphatic heterocycles. The Hall–Kier alpha value is -1.86. The lowest BCUT2D eigenvalue weighted by Crippen LogP contribution is -2.31. The first-order valence-electron chi connectivity index (χ1n) is 7.59. The van der Waals surface area contributed by atoms with Gasteiger partial charge in [-0.15, -0.1) is 0 Å². The van der Waals surface area contributed by atoms with Crippen molar-refractivity contribution in [3.05, 3.63) is 69.6 Å². The number of halogens is 3. The average molecular weight is 411 g/mol. The number of carbonyl (C=O) groups is 1. The molecule has 1 heterocycles. The molecule has 1 N–H and O–H groups in total. The van der Waals surface area contributed by atoms with Crippen LogP contribution in [0.15, 0.2) is 53.2 Å². The van der Waals surface area contributed by atoms with Gasteiger partial charge in [0.2, 0.25) is 0 Å². The van der Waals surface area contributed by atoms with Crippen molar-refractivity contribution in [1.82, 2.24) is 0 Å². The van der Waals surface area contributed by atoms with E-state index in [1.165, 1.54) is 28.8 Å². The number of carbonyl (C=O) groups excluding carboxylic acids is 1. The van der Waals surface area contributed by atoms with Gasteiger partial charge in [0.1, 0.15) is 11.5 Å². The molecule has 0 saturated heterocycles. The molecule has 1 amide bonds. The van der Waals surface area contributed by atoms with E-state index in [2.05, 4.69) is 4.99 Å². The smallest absolute Gasteiger partial charge is 0.283 e.